The van der Waals surface area contributed by atoms with Gasteiger partial charge in [0.05, 0.1) is 23.3 Å². The molecular formula is C20H23N3O4. The molecule has 1 aliphatic rings. The van der Waals surface area contributed by atoms with Crippen LogP contribution in [0.4, 0.5) is 0 Å². The van der Waals surface area contributed by atoms with Gasteiger partial charge in [0, 0.05) is 18.5 Å². The van der Waals surface area contributed by atoms with E-state index in [9.17, 15) is 14.4 Å². The molecular weight excluding hydrogens is 346 g/mol. The molecule has 7 nitrogen and oxygen atoms in total. The summed E-state index contributed by atoms with van der Waals surface area (Å²) in [5.74, 6) is -1.22. The van der Waals surface area contributed by atoms with Crippen molar-refractivity contribution in [1.82, 2.24) is 15.2 Å². The Hall–Kier alpha value is -2.96. The first-order valence-electron chi connectivity index (χ1n) is 9.03. The Bertz CT molecular complexity index is 888. The van der Waals surface area contributed by atoms with Gasteiger partial charge in [-0.3, -0.25) is 14.6 Å². The van der Waals surface area contributed by atoms with Crippen molar-refractivity contribution in [3.63, 3.8) is 0 Å². The van der Waals surface area contributed by atoms with Crippen molar-refractivity contribution < 1.29 is 19.1 Å². The van der Waals surface area contributed by atoms with Crippen molar-refractivity contribution in [2.75, 3.05) is 26.2 Å². The monoisotopic (exact) mass is 369 g/mol. The van der Waals surface area contributed by atoms with Gasteiger partial charge >= 0.3 is 5.97 Å². The maximum Gasteiger partial charge on any atom is 0.340 e. The summed E-state index contributed by atoms with van der Waals surface area (Å²) in [4.78, 5) is 42.2. The molecule has 2 heterocycles. The minimum Gasteiger partial charge on any atom is -0.452 e. The van der Waals surface area contributed by atoms with E-state index in [4.69, 9.17) is 4.74 Å². The minimum atomic E-state index is -0.607. The third-order valence-corrected chi connectivity index (χ3v) is 4.61. The lowest BCUT2D eigenvalue weighted by Gasteiger charge is -2.15. The first-order valence-corrected chi connectivity index (χ1v) is 9.03. The van der Waals surface area contributed by atoms with Gasteiger partial charge in [-0.05, 0) is 44.9 Å². The molecule has 1 aromatic heterocycles. The van der Waals surface area contributed by atoms with Gasteiger partial charge in [0.1, 0.15) is 0 Å². The molecule has 3 rings (SSSR count). The number of aryl methyl sites for hydroxylation is 2. The highest BCUT2D eigenvalue weighted by molar-refractivity contribution is 5.96. The van der Waals surface area contributed by atoms with Crippen molar-refractivity contribution in [3.05, 3.63) is 41.1 Å². The van der Waals surface area contributed by atoms with Crippen LogP contribution in [0.2, 0.25) is 0 Å². The SMILES string of the molecule is Cc1ccc2nc(C)c(C(=O)OCC(=O)NCC(=O)N3CCCC3)cc2c1. The highest BCUT2D eigenvalue weighted by Crippen LogP contribution is 2.18. The Kier molecular flexibility index (Phi) is 5.69. The summed E-state index contributed by atoms with van der Waals surface area (Å²) in [7, 11) is 0. The number of carbonyl (C=O) groups excluding carboxylic acids is 3. The third kappa shape index (κ3) is 4.61. The number of carbonyl (C=O) groups is 3. The predicted molar refractivity (Wildman–Crippen MR) is 100 cm³/mol. The second-order valence-corrected chi connectivity index (χ2v) is 6.76. The smallest absolute Gasteiger partial charge is 0.340 e. The largest absolute Gasteiger partial charge is 0.452 e. The summed E-state index contributed by atoms with van der Waals surface area (Å²) in [5.41, 5.74) is 2.73. The predicted octanol–water partition coefficient (Wildman–Crippen LogP) is 1.75. The van der Waals surface area contributed by atoms with Crippen LogP contribution in [0.1, 0.15) is 34.5 Å². The van der Waals surface area contributed by atoms with Crippen LogP contribution in [0.5, 0.6) is 0 Å². The molecule has 1 saturated heterocycles. The summed E-state index contributed by atoms with van der Waals surface area (Å²) < 4.78 is 5.09. The maximum atomic E-state index is 12.3. The summed E-state index contributed by atoms with van der Waals surface area (Å²) in [6.45, 7) is 4.65. The van der Waals surface area contributed by atoms with Crippen LogP contribution in [-0.2, 0) is 14.3 Å². The number of nitrogens with zero attached hydrogens (tertiary/aromatic N) is 2. The molecule has 7 heteroatoms. The van der Waals surface area contributed by atoms with Gasteiger partial charge in [-0.15, -0.1) is 0 Å². The molecule has 0 spiro atoms. The van der Waals surface area contributed by atoms with Gasteiger partial charge in [-0.2, -0.15) is 0 Å². The van der Waals surface area contributed by atoms with Crippen molar-refractivity contribution >= 4 is 28.7 Å². The average molecular weight is 369 g/mol. The Morgan fingerprint density at radius 2 is 1.89 bits per heavy atom. The molecule has 0 unspecified atom stereocenters. The fourth-order valence-corrected chi connectivity index (χ4v) is 3.11. The summed E-state index contributed by atoms with van der Waals surface area (Å²) in [5, 5.41) is 3.34. The van der Waals surface area contributed by atoms with Gasteiger partial charge in [-0.25, -0.2) is 4.79 Å². The van der Waals surface area contributed by atoms with Gasteiger partial charge in [0.2, 0.25) is 5.91 Å². The lowest BCUT2D eigenvalue weighted by atomic mass is 10.1. The molecule has 2 aromatic rings. The number of fused-ring (bicyclic) bond motifs is 1. The molecule has 1 N–H and O–H groups in total. The van der Waals surface area contributed by atoms with E-state index in [-0.39, 0.29) is 12.5 Å². The van der Waals surface area contributed by atoms with E-state index >= 15 is 0 Å². The summed E-state index contributed by atoms with van der Waals surface area (Å²) in [6, 6.07) is 7.52. The molecule has 1 aromatic carbocycles. The lowest BCUT2D eigenvalue weighted by molar-refractivity contribution is -0.132. The molecule has 0 aliphatic carbocycles. The van der Waals surface area contributed by atoms with E-state index in [2.05, 4.69) is 10.3 Å². The Labute approximate surface area is 157 Å². The van der Waals surface area contributed by atoms with E-state index in [0.29, 0.717) is 11.3 Å². The topological polar surface area (TPSA) is 88.6 Å². The highest BCUT2D eigenvalue weighted by Gasteiger charge is 2.19. The van der Waals surface area contributed by atoms with Gasteiger partial charge in [0.25, 0.3) is 5.91 Å². The quantitative estimate of drug-likeness (QED) is 0.811. The van der Waals surface area contributed by atoms with Crippen LogP contribution in [0.25, 0.3) is 10.9 Å². The first kappa shape index (κ1) is 18.8. The molecule has 1 fully saturated rings. The Morgan fingerprint density at radius 1 is 1.15 bits per heavy atom. The maximum absolute atomic E-state index is 12.3. The highest BCUT2D eigenvalue weighted by atomic mass is 16.5. The van der Waals surface area contributed by atoms with Crippen molar-refractivity contribution in [3.8, 4) is 0 Å². The third-order valence-electron chi connectivity index (χ3n) is 4.61. The zero-order valence-corrected chi connectivity index (χ0v) is 15.6. The summed E-state index contributed by atoms with van der Waals surface area (Å²) >= 11 is 0. The van der Waals surface area contributed by atoms with Gasteiger partial charge in [-0.1, -0.05) is 11.6 Å². The van der Waals surface area contributed by atoms with Crippen LogP contribution in [0, 0.1) is 13.8 Å². The minimum absolute atomic E-state index is 0.0772. The van der Waals surface area contributed by atoms with Crippen LogP contribution in [0.3, 0.4) is 0 Å². The van der Waals surface area contributed by atoms with Crippen LogP contribution in [-0.4, -0.2) is 53.9 Å². The van der Waals surface area contributed by atoms with Crippen LogP contribution >= 0.6 is 0 Å². The van der Waals surface area contributed by atoms with Crippen molar-refractivity contribution in [1.29, 1.82) is 0 Å². The summed E-state index contributed by atoms with van der Waals surface area (Å²) in [6.07, 6.45) is 1.99. The lowest BCUT2D eigenvalue weighted by Crippen LogP contribution is -2.40. The Balaban J connectivity index is 1.55. The second kappa shape index (κ2) is 8.16. The van der Waals surface area contributed by atoms with Crippen LogP contribution in [0.15, 0.2) is 24.3 Å². The average Bonchev–Trinajstić information content (AvgIpc) is 3.18. The first-order chi connectivity index (χ1) is 12.9. The van der Waals surface area contributed by atoms with Gasteiger partial charge < -0.3 is 15.0 Å². The fourth-order valence-electron chi connectivity index (χ4n) is 3.11. The number of amides is 2. The molecule has 0 bridgehead atoms. The van der Waals surface area contributed by atoms with E-state index in [0.717, 1.165) is 42.4 Å². The molecule has 2 amide bonds. The number of hydrogen-bond acceptors (Lipinski definition) is 5. The normalized spacial score (nSPS) is 13.6. The molecule has 142 valence electrons. The van der Waals surface area contributed by atoms with Gasteiger partial charge in [0.15, 0.2) is 6.61 Å². The Morgan fingerprint density at radius 3 is 2.63 bits per heavy atom. The molecule has 0 atom stereocenters. The number of aromatic nitrogens is 1. The number of ether oxygens (including phenoxy) is 1. The number of pyridine rings is 1. The zero-order valence-electron chi connectivity index (χ0n) is 15.6. The molecule has 1 aliphatic heterocycles. The van der Waals surface area contributed by atoms with E-state index < -0.39 is 18.5 Å². The number of hydrogen-bond donors (Lipinski definition) is 1. The van der Waals surface area contributed by atoms with E-state index in [1.54, 1.807) is 17.9 Å². The van der Waals surface area contributed by atoms with Crippen LogP contribution < -0.4 is 5.32 Å². The number of esters is 1. The number of likely N-dealkylation sites (tertiary alicyclic amines) is 1. The fraction of sp³-hybridized carbons (Fsp3) is 0.400. The van der Waals surface area contributed by atoms with E-state index in [1.165, 1.54) is 0 Å². The number of rotatable bonds is 5. The molecule has 27 heavy (non-hydrogen) atoms. The van der Waals surface area contributed by atoms with Crippen molar-refractivity contribution in [2.45, 2.75) is 26.7 Å². The van der Waals surface area contributed by atoms with Crippen molar-refractivity contribution in [2.24, 2.45) is 0 Å². The molecule has 0 radical (unpaired) electrons. The number of nitrogens with one attached hydrogen (secondary N) is 1. The zero-order chi connectivity index (χ0) is 19.4. The molecule has 0 saturated carbocycles. The standard InChI is InChI=1S/C20H23N3O4/c1-13-5-6-17-15(9-13)10-16(14(2)22-17)20(26)27-12-18(24)21-11-19(25)23-7-3-4-8-23/h5-6,9-10H,3-4,7-8,11-12H2,1-2H3,(H,21,24). The number of benzene rings is 1. The van der Waals surface area contributed by atoms with E-state index in [1.807, 2.05) is 25.1 Å². The second-order valence-electron chi connectivity index (χ2n) is 6.76.